The Morgan fingerprint density at radius 1 is 1.04 bits per heavy atom. The summed E-state index contributed by atoms with van der Waals surface area (Å²) >= 11 is 0. The number of piperazine rings is 1. The minimum absolute atomic E-state index is 0.159. The van der Waals surface area contributed by atoms with Gasteiger partial charge in [-0.3, -0.25) is 9.78 Å². The van der Waals surface area contributed by atoms with Gasteiger partial charge in [0.05, 0.1) is 19.0 Å². The van der Waals surface area contributed by atoms with E-state index in [0.29, 0.717) is 0 Å². The summed E-state index contributed by atoms with van der Waals surface area (Å²) in [6.45, 7) is 4.94. The number of carbonyl (C=O) groups excluding carboxylic acids is 1. The minimum atomic E-state index is 0.159. The quantitative estimate of drug-likeness (QED) is 0.840. The first-order chi connectivity index (χ1) is 12.2. The van der Waals surface area contributed by atoms with Crippen molar-refractivity contribution in [3.63, 3.8) is 0 Å². The molecule has 2 heterocycles. The molecule has 1 aliphatic rings. The van der Waals surface area contributed by atoms with Crippen LogP contribution in [0.15, 0.2) is 42.6 Å². The van der Waals surface area contributed by atoms with E-state index < -0.39 is 0 Å². The van der Waals surface area contributed by atoms with Crippen molar-refractivity contribution >= 4 is 11.6 Å². The molecule has 25 heavy (non-hydrogen) atoms. The molecule has 5 heteroatoms. The number of anilines is 1. The molecule has 0 aliphatic carbocycles. The van der Waals surface area contributed by atoms with Gasteiger partial charge in [-0.1, -0.05) is 12.1 Å². The second-order valence-electron chi connectivity index (χ2n) is 6.35. The number of hydrogen-bond donors (Lipinski definition) is 0. The zero-order valence-electron chi connectivity index (χ0n) is 14.9. The first-order valence-electron chi connectivity index (χ1n) is 8.74. The second-order valence-corrected chi connectivity index (χ2v) is 6.35. The van der Waals surface area contributed by atoms with E-state index in [1.807, 2.05) is 23.2 Å². The van der Waals surface area contributed by atoms with E-state index in [-0.39, 0.29) is 5.91 Å². The van der Waals surface area contributed by atoms with Crippen LogP contribution in [-0.4, -0.2) is 49.1 Å². The van der Waals surface area contributed by atoms with Crippen LogP contribution in [0.2, 0.25) is 0 Å². The van der Waals surface area contributed by atoms with Gasteiger partial charge in [-0.05, 0) is 42.7 Å². The number of amides is 1. The Bertz CT molecular complexity index is 690. The molecule has 5 nitrogen and oxygen atoms in total. The van der Waals surface area contributed by atoms with E-state index in [2.05, 4.69) is 34.1 Å². The van der Waals surface area contributed by atoms with E-state index >= 15 is 0 Å². The van der Waals surface area contributed by atoms with E-state index in [1.54, 1.807) is 14.0 Å². The molecular formula is C20H25N3O2. The van der Waals surface area contributed by atoms with Crippen molar-refractivity contribution in [2.45, 2.75) is 19.8 Å². The monoisotopic (exact) mass is 339 g/mol. The molecule has 1 saturated heterocycles. The predicted octanol–water partition coefficient (Wildman–Crippen LogP) is 2.54. The Morgan fingerprint density at radius 2 is 1.76 bits per heavy atom. The van der Waals surface area contributed by atoms with Crippen LogP contribution in [0.25, 0.3) is 0 Å². The van der Waals surface area contributed by atoms with E-state index in [0.717, 1.165) is 56.2 Å². The Balaban J connectivity index is 1.52. The van der Waals surface area contributed by atoms with E-state index in [4.69, 9.17) is 4.74 Å². The first-order valence-corrected chi connectivity index (χ1v) is 8.74. The van der Waals surface area contributed by atoms with Gasteiger partial charge in [0.2, 0.25) is 5.91 Å². The Labute approximate surface area is 149 Å². The lowest BCUT2D eigenvalue weighted by molar-refractivity contribution is -0.129. The smallest absolute Gasteiger partial charge is 0.219 e. The maximum atomic E-state index is 11.4. The lowest BCUT2D eigenvalue weighted by Crippen LogP contribution is -2.48. The van der Waals surface area contributed by atoms with Crippen LogP contribution in [0.4, 0.5) is 5.69 Å². The summed E-state index contributed by atoms with van der Waals surface area (Å²) in [6, 6.07) is 12.4. The van der Waals surface area contributed by atoms with Gasteiger partial charge in [-0.15, -0.1) is 0 Å². The van der Waals surface area contributed by atoms with Crippen LogP contribution < -0.4 is 9.64 Å². The third kappa shape index (κ3) is 4.50. The number of hydrogen-bond acceptors (Lipinski definition) is 4. The fraction of sp³-hybridized carbons (Fsp3) is 0.400. The Morgan fingerprint density at radius 3 is 2.32 bits per heavy atom. The molecule has 0 radical (unpaired) electrons. The zero-order valence-corrected chi connectivity index (χ0v) is 14.9. The third-order valence-corrected chi connectivity index (χ3v) is 4.73. The highest BCUT2D eigenvalue weighted by molar-refractivity contribution is 5.73. The van der Waals surface area contributed by atoms with Gasteiger partial charge >= 0.3 is 0 Å². The number of nitrogens with zero attached hydrogens (tertiary/aromatic N) is 3. The van der Waals surface area contributed by atoms with E-state index in [1.165, 1.54) is 5.56 Å². The van der Waals surface area contributed by atoms with Crippen molar-refractivity contribution in [1.29, 1.82) is 0 Å². The average Bonchev–Trinajstić information content (AvgIpc) is 2.67. The molecule has 1 fully saturated rings. The highest BCUT2D eigenvalue weighted by Crippen LogP contribution is 2.17. The molecule has 1 aliphatic heterocycles. The Hall–Kier alpha value is -2.56. The topological polar surface area (TPSA) is 45.7 Å². The standard InChI is InChI=1S/C20H25N3O2/c1-16(24)22-11-13-23(14-12-22)19-8-7-18(21-15-19)6-3-17-4-9-20(25-2)10-5-17/h4-5,7-10,15H,3,6,11-14H2,1-2H3. The average molecular weight is 339 g/mol. The van der Waals surface area contributed by atoms with Gasteiger partial charge in [-0.25, -0.2) is 0 Å². The summed E-state index contributed by atoms with van der Waals surface area (Å²) in [4.78, 5) is 20.2. The fourth-order valence-electron chi connectivity index (χ4n) is 3.10. The molecule has 1 aromatic heterocycles. The first kappa shape index (κ1) is 17.3. The van der Waals surface area contributed by atoms with Crippen LogP contribution in [0.1, 0.15) is 18.2 Å². The van der Waals surface area contributed by atoms with Gasteiger partial charge in [0.1, 0.15) is 5.75 Å². The number of pyridine rings is 1. The van der Waals surface area contributed by atoms with Crippen LogP contribution in [-0.2, 0) is 17.6 Å². The molecule has 1 amide bonds. The molecule has 0 unspecified atom stereocenters. The van der Waals surface area contributed by atoms with Crippen LogP contribution in [0, 0.1) is 0 Å². The fourth-order valence-corrected chi connectivity index (χ4v) is 3.10. The van der Waals surface area contributed by atoms with Crippen molar-refractivity contribution in [1.82, 2.24) is 9.88 Å². The normalized spacial score (nSPS) is 14.5. The van der Waals surface area contributed by atoms with E-state index in [9.17, 15) is 4.79 Å². The van der Waals surface area contributed by atoms with Gasteiger partial charge < -0.3 is 14.5 Å². The van der Waals surface area contributed by atoms with Gasteiger partial charge in [0.25, 0.3) is 0 Å². The summed E-state index contributed by atoms with van der Waals surface area (Å²) in [5.41, 5.74) is 3.52. The number of methoxy groups -OCH3 is 1. The summed E-state index contributed by atoms with van der Waals surface area (Å²) in [6.07, 6.45) is 3.84. The molecule has 1 aromatic carbocycles. The zero-order chi connectivity index (χ0) is 17.6. The number of aromatic nitrogens is 1. The van der Waals surface area contributed by atoms with Gasteiger partial charge in [-0.2, -0.15) is 0 Å². The second kappa shape index (κ2) is 8.01. The van der Waals surface area contributed by atoms with Crippen molar-refractivity contribution in [2.75, 3.05) is 38.2 Å². The summed E-state index contributed by atoms with van der Waals surface area (Å²) in [5, 5.41) is 0. The lowest BCUT2D eigenvalue weighted by atomic mass is 10.1. The molecule has 2 aromatic rings. The summed E-state index contributed by atoms with van der Waals surface area (Å²) in [5.74, 6) is 1.04. The van der Waals surface area contributed by atoms with Gasteiger partial charge in [0.15, 0.2) is 0 Å². The molecule has 0 atom stereocenters. The molecule has 0 spiro atoms. The Kier molecular flexibility index (Phi) is 5.53. The van der Waals surface area contributed by atoms with Crippen molar-refractivity contribution in [3.8, 4) is 5.75 Å². The van der Waals surface area contributed by atoms with Crippen molar-refractivity contribution in [3.05, 3.63) is 53.9 Å². The number of carbonyl (C=O) groups is 1. The number of ether oxygens (including phenoxy) is 1. The molecule has 3 rings (SSSR count). The predicted molar refractivity (Wildman–Crippen MR) is 99.1 cm³/mol. The molecule has 0 bridgehead atoms. The largest absolute Gasteiger partial charge is 0.497 e. The number of benzene rings is 1. The van der Waals surface area contributed by atoms with Crippen LogP contribution >= 0.6 is 0 Å². The molecule has 0 N–H and O–H groups in total. The number of rotatable bonds is 5. The SMILES string of the molecule is COc1ccc(CCc2ccc(N3CCN(C(C)=O)CC3)cn2)cc1. The maximum Gasteiger partial charge on any atom is 0.219 e. The third-order valence-electron chi connectivity index (χ3n) is 4.73. The number of aryl methyl sites for hydroxylation is 2. The summed E-state index contributed by atoms with van der Waals surface area (Å²) in [7, 11) is 1.68. The van der Waals surface area contributed by atoms with Crippen molar-refractivity contribution < 1.29 is 9.53 Å². The van der Waals surface area contributed by atoms with Crippen molar-refractivity contribution in [2.24, 2.45) is 0 Å². The van der Waals surface area contributed by atoms with Gasteiger partial charge in [0, 0.05) is 38.8 Å². The highest BCUT2D eigenvalue weighted by Gasteiger charge is 2.18. The van der Waals surface area contributed by atoms with Crippen LogP contribution in [0.3, 0.4) is 0 Å². The van der Waals surface area contributed by atoms with Crippen LogP contribution in [0.5, 0.6) is 5.75 Å². The maximum absolute atomic E-state index is 11.4. The summed E-state index contributed by atoms with van der Waals surface area (Å²) < 4.78 is 5.18. The highest BCUT2D eigenvalue weighted by atomic mass is 16.5. The minimum Gasteiger partial charge on any atom is -0.497 e. The molecule has 132 valence electrons. The lowest BCUT2D eigenvalue weighted by Gasteiger charge is -2.35. The molecule has 0 saturated carbocycles. The molecular weight excluding hydrogens is 314 g/mol.